The van der Waals surface area contributed by atoms with Gasteiger partial charge < -0.3 is 14.0 Å². The Labute approximate surface area is 170 Å². The van der Waals surface area contributed by atoms with Crippen molar-refractivity contribution in [2.24, 2.45) is 0 Å². The number of halogens is 1. The molecule has 0 amide bonds. The zero-order valence-corrected chi connectivity index (χ0v) is 18.0. The van der Waals surface area contributed by atoms with Gasteiger partial charge in [-0.1, -0.05) is 11.8 Å². The molecule has 0 aromatic heterocycles. The van der Waals surface area contributed by atoms with Crippen LogP contribution in [0.3, 0.4) is 0 Å². The maximum atomic E-state index is 13.1. The van der Waals surface area contributed by atoms with Gasteiger partial charge in [0.05, 0.1) is 17.8 Å². The molecule has 1 aromatic carbocycles. The predicted molar refractivity (Wildman–Crippen MR) is 112 cm³/mol. The number of thiocarbonyl (C=S) groups is 1. The summed E-state index contributed by atoms with van der Waals surface area (Å²) in [5.41, 5.74) is -0.448. The molecule has 1 atom stereocenters. The number of rotatable bonds is 7. The highest BCUT2D eigenvalue weighted by Crippen LogP contribution is 2.40. The van der Waals surface area contributed by atoms with Gasteiger partial charge in [-0.2, -0.15) is 0 Å². The minimum atomic E-state index is -0.501. The van der Waals surface area contributed by atoms with E-state index in [0.29, 0.717) is 23.0 Å². The third-order valence-corrected chi connectivity index (χ3v) is 6.38. The van der Waals surface area contributed by atoms with Gasteiger partial charge in [-0.15, -0.1) is 0 Å². The average molecular weight is 412 g/mol. The van der Waals surface area contributed by atoms with E-state index in [4.69, 9.17) is 26.3 Å². The number of benzene rings is 1. The van der Waals surface area contributed by atoms with E-state index in [1.165, 1.54) is 36.0 Å². The molecule has 1 fully saturated rings. The highest BCUT2D eigenvalue weighted by Gasteiger charge is 2.54. The highest BCUT2D eigenvalue weighted by molar-refractivity contribution is 8.23. The van der Waals surface area contributed by atoms with Crippen LogP contribution in [0.5, 0.6) is 0 Å². The molecule has 1 heterocycles. The lowest BCUT2D eigenvalue weighted by Crippen LogP contribution is -2.41. The van der Waals surface area contributed by atoms with Crippen LogP contribution in [0.1, 0.15) is 57.8 Å². The SMILES string of the molecule is CCOC(=S)SC(CCC(=O)c1ccc(F)cc1)B1OC(C)(C)C(C)(C)O1. The van der Waals surface area contributed by atoms with Crippen LogP contribution in [0.4, 0.5) is 4.39 Å². The van der Waals surface area contributed by atoms with Crippen LogP contribution in [0.15, 0.2) is 24.3 Å². The van der Waals surface area contributed by atoms with E-state index in [9.17, 15) is 9.18 Å². The van der Waals surface area contributed by atoms with Crippen molar-refractivity contribution in [3.05, 3.63) is 35.6 Å². The number of thioether (sulfide) groups is 1. The first-order valence-electron chi connectivity index (χ1n) is 9.03. The standard InChI is InChI=1S/C19H26BFO4S2/c1-6-23-17(26)27-16(20-24-18(2,3)19(4,5)25-20)12-11-15(22)13-7-9-14(21)10-8-13/h7-10,16H,6,11-12H2,1-5H3. The van der Waals surface area contributed by atoms with Gasteiger partial charge in [0.25, 0.3) is 0 Å². The number of Topliss-reactive ketones (excluding diaryl/α,β-unsaturated/α-hetero) is 1. The van der Waals surface area contributed by atoms with Crippen molar-refractivity contribution >= 4 is 41.3 Å². The molecule has 1 aliphatic rings. The molecule has 1 aliphatic heterocycles. The lowest BCUT2D eigenvalue weighted by Gasteiger charge is -2.32. The van der Waals surface area contributed by atoms with E-state index in [-0.39, 0.29) is 23.2 Å². The Morgan fingerprint density at radius 3 is 2.30 bits per heavy atom. The summed E-state index contributed by atoms with van der Waals surface area (Å²) in [6.45, 7) is 10.3. The van der Waals surface area contributed by atoms with E-state index < -0.39 is 18.3 Å². The van der Waals surface area contributed by atoms with Crippen LogP contribution in [-0.4, -0.2) is 40.2 Å². The van der Waals surface area contributed by atoms with Gasteiger partial charge >= 0.3 is 7.12 Å². The topological polar surface area (TPSA) is 44.8 Å². The fourth-order valence-electron chi connectivity index (χ4n) is 2.62. The molecule has 0 bridgehead atoms. The summed E-state index contributed by atoms with van der Waals surface area (Å²) < 4.78 is 31.1. The second-order valence-corrected chi connectivity index (χ2v) is 9.27. The number of ether oxygens (including phenoxy) is 1. The van der Waals surface area contributed by atoms with Crippen molar-refractivity contribution in [3.8, 4) is 0 Å². The summed E-state index contributed by atoms with van der Waals surface area (Å²) in [6.07, 6.45) is 0.785. The van der Waals surface area contributed by atoms with Crippen LogP contribution < -0.4 is 0 Å². The minimum absolute atomic E-state index is 0.0561. The predicted octanol–water partition coefficient (Wildman–Crippen LogP) is 4.84. The zero-order chi connectivity index (χ0) is 20.2. The van der Waals surface area contributed by atoms with Crippen molar-refractivity contribution in [2.45, 2.75) is 63.8 Å². The van der Waals surface area contributed by atoms with E-state index >= 15 is 0 Å². The monoisotopic (exact) mass is 412 g/mol. The van der Waals surface area contributed by atoms with E-state index in [1.807, 2.05) is 34.6 Å². The van der Waals surface area contributed by atoms with E-state index in [1.54, 1.807) is 0 Å². The molecule has 4 nitrogen and oxygen atoms in total. The molecule has 27 heavy (non-hydrogen) atoms. The van der Waals surface area contributed by atoms with Gasteiger partial charge in [0, 0.05) is 17.1 Å². The van der Waals surface area contributed by atoms with Gasteiger partial charge in [0.15, 0.2) is 5.78 Å². The lowest BCUT2D eigenvalue weighted by atomic mass is 9.80. The number of hydrogen-bond donors (Lipinski definition) is 0. The van der Waals surface area contributed by atoms with E-state index in [2.05, 4.69) is 0 Å². The lowest BCUT2D eigenvalue weighted by molar-refractivity contribution is 0.00578. The summed E-state index contributed by atoms with van der Waals surface area (Å²) in [7, 11) is -0.501. The van der Waals surface area contributed by atoms with Crippen LogP contribution in [0.25, 0.3) is 0 Å². The van der Waals surface area contributed by atoms with E-state index in [0.717, 1.165) is 0 Å². The molecule has 1 saturated heterocycles. The third kappa shape index (κ3) is 5.76. The van der Waals surface area contributed by atoms with Gasteiger partial charge in [0.1, 0.15) is 5.82 Å². The minimum Gasteiger partial charge on any atom is -0.479 e. The number of ketones is 1. The van der Waals surface area contributed by atoms with Crippen molar-refractivity contribution in [3.63, 3.8) is 0 Å². The van der Waals surface area contributed by atoms with Crippen molar-refractivity contribution < 1.29 is 23.2 Å². The van der Waals surface area contributed by atoms with Crippen LogP contribution >= 0.6 is 24.0 Å². The third-order valence-electron chi connectivity index (χ3n) is 4.91. The molecule has 1 aromatic rings. The molecule has 1 unspecified atom stereocenters. The Morgan fingerprint density at radius 1 is 1.22 bits per heavy atom. The van der Waals surface area contributed by atoms with Gasteiger partial charge in [-0.25, -0.2) is 4.39 Å². The molecular formula is C19H26BFO4S2. The summed E-state index contributed by atoms with van der Waals surface area (Å²) in [4.78, 5) is 12.5. The molecule has 148 valence electrons. The Morgan fingerprint density at radius 2 is 1.78 bits per heavy atom. The molecule has 0 aliphatic carbocycles. The maximum Gasteiger partial charge on any atom is 0.472 e. The first-order chi connectivity index (χ1) is 12.6. The number of carbonyl (C=O) groups is 1. The van der Waals surface area contributed by atoms with Gasteiger partial charge in [-0.05, 0) is 77.5 Å². The quantitative estimate of drug-likeness (QED) is 0.363. The summed E-state index contributed by atoms with van der Waals surface area (Å²) in [5, 5.41) is -0.186. The van der Waals surface area contributed by atoms with Crippen LogP contribution in [0, 0.1) is 5.82 Å². The maximum absolute atomic E-state index is 13.1. The first kappa shape index (κ1) is 22.3. The summed E-state index contributed by atoms with van der Waals surface area (Å²) >= 11 is 6.62. The molecule has 8 heteroatoms. The van der Waals surface area contributed by atoms with Crippen molar-refractivity contribution in [2.75, 3.05) is 6.61 Å². The zero-order valence-electron chi connectivity index (χ0n) is 16.4. The molecular weight excluding hydrogens is 386 g/mol. The van der Waals surface area contributed by atoms with Crippen molar-refractivity contribution in [1.82, 2.24) is 0 Å². The van der Waals surface area contributed by atoms with Crippen LogP contribution in [0.2, 0.25) is 0 Å². The second kappa shape index (κ2) is 9.03. The molecule has 0 saturated carbocycles. The average Bonchev–Trinajstić information content (AvgIpc) is 2.79. The smallest absolute Gasteiger partial charge is 0.472 e. The second-order valence-electron chi connectivity index (χ2n) is 7.43. The van der Waals surface area contributed by atoms with Crippen molar-refractivity contribution in [1.29, 1.82) is 0 Å². The molecule has 0 spiro atoms. The molecule has 0 N–H and O–H groups in total. The fraction of sp³-hybridized carbons (Fsp3) is 0.579. The van der Waals surface area contributed by atoms with Gasteiger partial charge in [0.2, 0.25) is 4.38 Å². The number of hydrogen-bond acceptors (Lipinski definition) is 6. The Bertz CT molecular complexity index is 663. The summed E-state index contributed by atoms with van der Waals surface area (Å²) in [6, 6.07) is 5.58. The van der Waals surface area contributed by atoms with Gasteiger partial charge in [-0.3, -0.25) is 4.79 Å². The normalized spacial score (nSPS) is 19.0. The Kier molecular flexibility index (Phi) is 7.47. The van der Waals surface area contributed by atoms with Crippen LogP contribution in [-0.2, 0) is 14.0 Å². The Balaban J connectivity index is 2.07. The number of carbonyl (C=O) groups excluding carboxylic acids is 1. The highest BCUT2D eigenvalue weighted by atomic mass is 32.2. The largest absolute Gasteiger partial charge is 0.479 e. The Hall–Kier alpha value is -0.955. The molecule has 2 rings (SSSR count). The summed E-state index contributed by atoms with van der Waals surface area (Å²) in [5.74, 6) is -0.418. The first-order valence-corrected chi connectivity index (χ1v) is 10.3. The fourth-order valence-corrected chi connectivity index (χ4v) is 4.00. The molecule has 0 radical (unpaired) electrons.